The van der Waals surface area contributed by atoms with Gasteiger partial charge in [-0.1, -0.05) is 0 Å². The molecule has 0 saturated heterocycles. The van der Waals surface area contributed by atoms with Crippen molar-refractivity contribution in [3.8, 4) is 0 Å². The second-order valence-corrected chi connectivity index (χ2v) is 6.61. The van der Waals surface area contributed by atoms with Gasteiger partial charge < -0.3 is 15.1 Å². The molecule has 2 N–H and O–H groups in total. The van der Waals surface area contributed by atoms with Crippen molar-refractivity contribution < 1.29 is 4.42 Å². The van der Waals surface area contributed by atoms with E-state index in [0.717, 1.165) is 35.8 Å². The van der Waals surface area contributed by atoms with Crippen molar-refractivity contribution in [2.75, 3.05) is 18.4 Å². The van der Waals surface area contributed by atoms with Crippen LogP contribution in [-0.4, -0.2) is 23.6 Å². The number of rotatable bonds is 5. The summed E-state index contributed by atoms with van der Waals surface area (Å²) in [5, 5.41) is 6.88. The molecule has 0 spiro atoms. The Balaban J connectivity index is 1.60. The summed E-state index contributed by atoms with van der Waals surface area (Å²) in [6, 6.07) is 6.14. The van der Waals surface area contributed by atoms with Crippen LogP contribution in [0, 0.1) is 0 Å². The maximum absolute atomic E-state index is 5.77. The van der Waals surface area contributed by atoms with E-state index in [1.165, 1.54) is 12.8 Å². The molecule has 1 heterocycles. The smallest absolute Gasteiger partial charge is 0.198 e. The highest BCUT2D eigenvalue weighted by Crippen LogP contribution is 2.40. The third-order valence-electron chi connectivity index (χ3n) is 3.44. The van der Waals surface area contributed by atoms with Gasteiger partial charge in [0.1, 0.15) is 5.52 Å². The zero-order chi connectivity index (χ0) is 14.2. The summed E-state index contributed by atoms with van der Waals surface area (Å²) in [6.07, 6.45) is 2.44. The Morgan fingerprint density at radius 2 is 2.05 bits per heavy atom. The molecule has 1 aromatic carbocycles. The lowest BCUT2D eigenvalue weighted by molar-refractivity contribution is 0.435. The fraction of sp³-hybridized carbons (Fsp3) is 0.562. The zero-order valence-electron chi connectivity index (χ0n) is 12.5. The van der Waals surface area contributed by atoms with E-state index in [9.17, 15) is 0 Å². The topological polar surface area (TPSA) is 50.1 Å². The highest BCUT2D eigenvalue weighted by atomic mass is 16.3. The first-order valence-electron chi connectivity index (χ1n) is 7.41. The number of hydrogen-bond donors (Lipinski definition) is 2. The van der Waals surface area contributed by atoms with Gasteiger partial charge in [-0.2, -0.15) is 0 Å². The molecule has 0 bridgehead atoms. The monoisotopic (exact) mass is 273 g/mol. The van der Waals surface area contributed by atoms with E-state index in [0.29, 0.717) is 5.92 Å². The van der Waals surface area contributed by atoms with Crippen LogP contribution < -0.4 is 10.6 Å². The van der Waals surface area contributed by atoms with Crippen molar-refractivity contribution in [1.82, 2.24) is 10.3 Å². The Morgan fingerprint density at radius 3 is 2.75 bits per heavy atom. The first-order valence-corrected chi connectivity index (χ1v) is 7.41. The molecule has 1 aliphatic rings. The number of fused-ring (bicyclic) bond motifs is 1. The van der Waals surface area contributed by atoms with E-state index >= 15 is 0 Å². The van der Waals surface area contributed by atoms with E-state index in [2.05, 4.69) is 48.5 Å². The van der Waals surface area contributed by atoms with E-state index in [1.807, 2.05) is 6.07 Å². The van der Waals surface area contributed by atoms with Gasteiger partial charge in [0.15, 0.2) is 11.5 Å². The highest BCUT2D eigenvalue weighted by Gasteiger charge is 2.28. The molecule has 1 saturated carbocycles. The molecule has 0 unspecified atom stereocenters. The number of hydrogen-bond acceptors (Lipinski definition) is 4. The van der Waals surface area contributed by atoms with E-state index in [1.54, 1.807) is 0 Å². The third-order valence-corrected chi connectivity index (χ3v) is 3.44. The van der Waals surface area contributed by atoms with Crippen LogP contribution >= 0.6 is 0 Å². The first kappa shape index (κ1) is 13.4. The van der Waals surface area contributed by atoms with Crippen molar-refractivity contribution >= 4 is 16.8 Å². The normalized spacial score (nSPS) is 15.8. The van der Waals surface area contributed by atoms with Gasteiger partial charge in [0.25, 0.3) is 0 Å². The lowest BCUT2D eigenvalue weighted by Gasteiger charge is -2.20. The fourth-order valence-electron chi connectivity index (χ4n) is 2.20. The summed E-state index contributed by atoms with van der Waals surface area (Å²) >= 11 is 0. The van der Waals surface area contributed by atoms with Crippen molar-refractivity contribution in [3.63, 3.8) is 0 Å². The molecule has 108 valence electrons. The first-order chi connectivity index (χ1) is 9.51. The average molecular weight is 273 g/mol. The molecule has 20 heavy (non-hydrogen) atoms. The number of nitrogens with zero attached hydrogens (tertiary/aromatic N) is 1. The van der Waals surface area contributed by atoms with Crippen molar-refractivity contribution in [3.05, 3.63) is 24.1 Å². The quantitative estimate of drug-likeness (QED) is 0.819. The molecule has 0 aliphatic heterocycles. The Kier molecular flexibility index (Phi) is 3.42. The highest BCUT2D eigenvalue weighted by molar-refractivity contribution is 5.77. The molecule has 0 amide bonds. The molecular weight excluding hydrogens is 250 g/mol. The van der Waals surface area contributed by atoms with Crippen LogP contribution in [0.5, 0.6) is 0 Å². The van der Waals surface area contributed by atoms with Gasteiger partial charge in [-0.3, -0.25) is 0 Å². The van der Waals surface area contributed by atoms with Crippen LogP contribution in [0.25, 0.3) is 11.1 Å². The number of anilines is 1. The summed E-state index contributed by atoms with van der Waals surface area (Å²) in [7, 11) is 0. The lowest BCUT2D eigenvalue weighted by atomic mass is 10.1. The molecule has 2 aromatic rings. The van der Waals surface area contributed by atoms with Crippen LogP contribution in [-0.2, 0) is 0 Å². The molecule has 1 aliphatic carbocycles. The van der Waals surface area contributed by atoms with Crippen LogP contribution in [0.4, 0.5) is 5.69 Å². The van der Waals surface area contributed by atoms with Gasteiger partial charge in [-0.25, -0.2) is 4.98 Å². The maximum Gasteiger partial charge on any atom is 0.198 e. The second-order valence-electron chi connectivity index (χ2n) is 6.61. The number of benzene rings is 1. The Morgan fingerprint density at radius 1 is 1.25 bits per heavy atom. The number of nitrogens with one attached hydrogen (secondary N) is 2. The molecular formula is C16H23N3O. The Hall–Kier alpha value is -1.55. The molecule has 0 atom stereocenters. The third kappa shape index (κ3) is 3.31. The molecule has 4 nitrogen and oxygen atoms in total. The summed E-state index contributed by atoms with van der Waals surface area (Å²) in [5.74, 6) is 1.47. The molecule has 0 radical (unpaired) electrons. The van der Waals surface area contributed by atoms with Crippen molar-refractivity contribution in [2.45, 2.75) is 45.1 Å². The average Bonchev–Trinajstić information content (AvgIpc) is 3.13. The van der Waals surface area contributed by atoms with Gasteiger partial charge in [-0.05, 0) is 51.8 Å². The zero-order valence-corrected chi connectivity index (χ0v) is 12.5. The summed E-state index contributed by atoms with van der Waals surface area (Å²) < 4.78 is 5.77. The van der Waals surface area contributed by atoms with Gasteiger partial charge in [0.05, 0.1) is 0 Å². The molecule has 4 heteroatoms. The van der Waals surface area contributed by atoms with Crippen LogP contribution in [0.15, 0.2) is 22.6 Å². The van der Waals surface area contributed by atoms with E-state index in [-0.39, 0.29) is 5.54 Å². The Bertz CT molecular complexity index is 593. The van der Waals surface area contributed by atoms with Crippen LogP contribution in [0.1, 0.15) is 45.4 Å². The van der Waals surface area contributed by atoms with Crippen LogP contribution in [0.3, 0.4) is 0 Å². The standard InChI is InChI=1S/C16H23N3O/c1-16(2,3)18-9-8-17-12-6-7-14-13(10-12)19-15(20-14)11-4-5-11/h6-7,10-11,17-18H,4-5,8-9H2,1-3H3. The SMILES string of the molecule is CC(C)(C)NCCNc1ccc2oc(C3CC3)nc2c1. The number of oxazole rings is 1. The molecule has 3 rings (SSSR count). The predicted molar refractivity (Wildman–Crippen MR) is 82.2 cm³/mol. The fourth-order valence-corrected chi connectivity index (χ4v) is 2.20. The van der Waals surface area contributed by atoms with Gasteiger partial charge in [-0.15, -0.1) is 0 Å². The van der Waals surface area contributed by atoms with E-state index in [4.69, 9.17) is 4.42 Å². The molecule has 1 fully saturated rings. The summed E-state index contributed by atoms with van der Waals surface area (Å²) in [5.41, 5.74) is 3.12. The van der Waals surface area contributed by atoms with Crippen LogP contribution in [0.2, 0.25) is 0 Å². The molecule has 1 aromatic heterocycles. The minimum Gasteiger partial charge on any atom is -0.440 e. The summed E-state index contributed by atoms with van der Waals surface area (Å²) in [4.78, 5) is 4.58. The largest absolute Gasteiger partial charge is 0.440 e. The summed E-state index contributed by atoms with van der Waals surface area (Å²) in [6.45, 7) is 8.36. The minimum atomic E-state index is 0.164. The maximum atomic E-state index is 5.77. The number of aromatic nitrogens is 1. The minimum absolute atomic E-state index is 0.164. The van der Waals surface area contributed by atoms with Gasteiger partial charge in [0, 0.05) is 30.2 Å². The predicted octanol–water partition coefficient (Wildman–Crippen LogP) is 3.51. The second kappa shape index (κ2) is 5.09. The van der Waals surface area contributed by atoms with Gasteiger partial charge in [0.2, 0.25) is 0 Å². The van der Waals surface area contributed by atoms with Gasteiger partial charge >= 0.3 is 0 Å². The van der Waals surface area contributed by atoms with Crippen molar-refractivity contribution in [2.24, 2.45) is 0 Å². The Labute approximate surface area is 120 Å². The van der Waals surface area contributed by atoms with E-state index < -0.39 is 0 Å². The lowest BCUT2D eigenvalue weighted by Crippen LogP contribution is -2.38. The van der Waals surface area contributed by atoms with Crippen molar-refractivity contribution in [1.29, 1.82) is 0 Å².